The van der Waals surface area contributed by atoms with E-state index >= 15 is 0 Å². The molecule has 0 saturated heterocycles. The molecule has 3 rings (SSSR count). The first kappa shape index (κ1) is 14.5. The first-order chi connectivity index (χ1) is 10.2. The topological polar surface area (TPSA) is 72.7 Å². The van der Waals surface area contributed by atoms with Crippen molar-refractivity contribution in [2.45, 2.75) is 36.7 Å². The minimum atomic E-state index is -0.130. The van der Waals surface area contributed by atoms with E-state index in [-0.39, 0.29) is 11.9 Å². The van der Waals surface area contributed by atoms with Crippen LogP contribution in [0.15, 0.2) is 16.0 Å². The monoisotopic (exact) mass is 323 g/mol. The van der Waals surface area contributed by atoms with Gasteiger partial charge in [0, 0.05) is 11.9 Å². The van der Waals surface area contributed by atoms with Crippen molar-refractivity contribution < 1.29 is 4.79 Å². The Morgan fingerprint density at radius 1 is 1.62 bits per heavy atom. The molecule has 0 radical (unpaired) electrons. The van der Waals surface area contributed by atoms with Gasteiger partial charge in [-0.15, -0.1) is 11.3 Å². The fraction of sp³-hybridized carbons (Fsp3) is 0.538. The maximum absolute atomic E-state index is 12.4. The van der Waals surface area contributed by atoms with Gasteiger partial charge in [0.1, 0.15) is 22.2 Å². The number of hydrogen-bond acceptors (Lipinski definition) is 6. The van der Waals surface area contributed by atoms with Gasteiger partial charge in [0.2, 0.25) is 0 Å². The lowest BCUT2D eigenvalue weighted by Crippen LogP contribution is -2.32. The number of nitrogens with one attached hydrogen (secondary N) is 1. The number of hydrogen-bond donors (Lipinski definition) is 1. The van der Waals surface area contributed by atoms with Crippen LogP contribution in [0, 0.1) is 5.92 Å². The van der Waals surface area contributed by atoms with E-state index in [4.69, 9.17) is 0 Å². The largest absolute Gasteiger partial charge is 0.340 e. The van der Waals surface area contributed by atoms with Crippen LogP contribution in [-0.4, -0.2) is 31.9 Å². The minimum absolute atomic E-state index is 0.0700. The van der Waals surface area contributed by atoms with Crippen LogP contribution in [0.2, 0.25) is 0 Å². The zero-order valence-electron chi connectivity index (χ0n) is 11.9. The number of thioether (sulfide) groups is 1. The van der Waals surface area contributed by atoms with E-state index in [1.54, 1.807) is 23.5 Å². The Morgan fingerprint density at radius 2 is 2.43 bits per heavy atom. The van der Waals surface area contributed by atoms with Crippen LogP contribution in [-0.2, 0) is 6.54 Å². The molecule has 0 bridgehead atoms. The first-order valence-electron chi connectivity index (χ1n) is 6.91. The van der Waals surface area contributed by atoms with Gasteiger partial charge in [-0.1, -0.05) is 11.8 Å². The number of aryl methyl sites for hydroxylation is 1. The fourth-order valence-electron chi connectivity index (χ4n) is 2.25. The average Bonchev–Trinajstić information content (AvgIpc) is 3.05. The summed E-state index contributed by atoms with van der Waals surface area (Å²) in [4.78, 5) is 21.0. The molecule has 8 heteroatoms. The van der Waals surface area contributed by atoms with Crippen LogP contribution in [0.5, 0.6) is 0 Å². The van der Waals surface area contributed by atoms with Gasteiger partial charge in [-0.3, -0.25) is 4.79 Å². The van der Waals surface area contributed by atoms with Gasteiger partial charge in [0.05, 0.1) is 6.04 Å². The Labute approximate surface area is 131 Å². The Balaban J connectivity index is 1.78. The summed E-state index contributed by atoms with van der Waals surface area (Å²) < 4.78 is 2.75. The molecular weight excluding hydrogens is 306 g/mol. The summed E-state index contributed by atoms with van der Waals surface area (Å²) in [6.45, 7) is 2.77. The molecule has 1 amide bonds. The molecule has 0 aliphatic heterocycles. The average molecular weight is 323 g/mol. The van der Waals surface area contributed by atoms with Gasteiger partial charge in [-0.2, -0.15) is 5.10 Å². The van der Waals surface area contributed by atoms with Gasteiger partial charge in [-0.25, -0.2) is 14.6 Å². The van der Waals surface area contributed by atoms with Crippen LogP contribution in [0.4, 0.5) is 0 Å². The van der Waals surface area contributed by atoms with E-state index in [2.05, 4.69) is 20.4 Å². The first-order valence-corrected chi connectivity index (χ1v) is 9.01. The molecule has 2 aromatic heterocycles. The van der Waals surface area contributed by atoms with Crippen LogP contribution >= 0.6 is 23.1 Å². The zero-order chi connectivity index (χ0) is 14.8. The molecule has 1 N–H and O–H groups in total. The summed E-state index contributed by atoms with van der Waals surface area (Å²) in [7, 11) is 0. The molecule has 2 aromatic rings. The minimum Gasteiger partial charge on any atom is -0.340 e. The third-order valence-electron chi connectivity index (χ3n) is 3.49. The van der Waals surface area contributed by atoms with E-state index in [0.29, 0.717) is 11.6 Å². The molecule has 1 fully saturated rings. The van der Waals surface area contributed by atoms with Crippen molar-refractivity contribution in [3.63, 3.8) is 0 Å². The van der Waals surface area contributed by atoms with Crippen molar-refractivity contribution in [3.05, 3.63) is 23.2 Å². The summed E-state index contributed by atoms with van der Waals surface area (Å²) in [6.07, 6.45) is 5.75. The number of thiazole rings is 1. The highest BCUT2D eigenvalue weighted by Crippen LogP contribution is 2.40. The molecule has 0 spiro atoms. The zero-order valence-corrected chi connectivity index (χ0v) is 13.6. The van der Waals surface area contributed by atoms with E-state index in [0.717, 1.165) is 29.6 Å². The van der Waals surface area contributed by atoms with E-state index in [1.165, 1.54) is 11.3 Å². The number of amides is 1. The van der Waals surface area contributed by atoms with Crippen molar-refractivity contribution >= 4 is 29.0 Å². The van der Waals surface area contributed by atoms with Crippen molar-refractivity contribution in [2.24, 2.45) is 5.92 Å². The molecule has 2 heterocycles. The molecular formula is C13H17N5OS2. The third-order valence-corrected chi connectivity index (χ3v) is 5.36. The van der Waals surface area contributed by atoms with Gasteiger partial charge in [0.25, 0.3) is 5.91 Å². The second kappa shape index (κ2) is 6.15. The van der Waals surface area contributed by atoms with E-state index < -0.39 is 0 Å². The van der Waals surface area contributed by atoms with Gasteiger partial charge >= 0.3 is 0 Å². The highest BCUT2D eigenvalue weighted by molar-refractivity contribution is 8.00. The van der Waals surface area contributed by atoms with E-state index in [1.807, 2.05) is 17.9 Å². The molecule has 1 atom stereocenters. The van der Waals surface area contributed by atoms with Crippen molar-refractivity contribution in [2.75, 3.05) is 6.26 Å². The maximum atomic E-state index is 12.4. The highest BCUT2D eigenvalue weighted by atomic mass is 32.2. The lowest BCUT2D eigenvalue weighted by molar-refractivity contribution is 0.0923. The number of nitrogens with zero attached hydrogens (tertiary/aromatic N) is 4. The summed E-state index contributed by atoms with van der Waals surface area (Å²) >= 11 is 3.04. The van der Waals surface area contributed by atoms with Crippen LogP contribution in [0.25, 0.3) is 0 Å². The Kier molecular flexibility index (Phi) is 4.25. The number of carbonyl (C=O) groups is 1. The summed E-state index contributed by atoms with van der Waals surface area (Å²) in [5.41, 5.74) is 0.484. The smallest absolute Gasteiger partial charge is 0.271 e. The summed E-state index contributed by atoms with van der Waals surface area (Å²) in [6, 6.07) is -0.0700. The normalized spacial score (nSPS) is 15.9. The lowest BCUT2D eigenvalue weighted by atomic mass is 10.1. The molecule has 112 valence electrons. The van der Waals surface area contributed by atoms with E-state index in [9.17, 15) is 4.79 Å². The maximum Gasteiger partial charge on any atom is 0.271 e. The van der Waals surface area contributed by atoms with Crippen LogP contribution in [0.3, 0.4) is 0 Å². The standard InChI is InChI=1S/C13H17N5OS2/c1-3-18-11(14-7-15-18)10(8-4-5-8)17-12(19)9-6-21-13(16-9)20-2/h6-8,10H,3-5H2,1-2H3,(H,17,19)/t10-/m0/s1. The van der Waals surface area contributed by atoms with Crippen molar-refractivity contribution in [1.82, 2.24) is 25.1 Å². The van der Waals surface area contributed by atoms with Gasteiger partial charge in [0.15, 0.2) is 0 Å². The predicted octanol–water partition coefficient (Wildman–Crippen LogP) is 2.36. The van der Waals surface area contributed by atoms with Crippen LogP contribution < -0.4 is 5.32 Å². The molecule has 21 heavy (non-hydrogen) atoms. The summed E-state index contributed by atoms with van der Waals surface area (Å²) in [5.74, 6) is 1.17. The number of rotatable bonds is 6. The predicted molar refractivity (Wildman–Crippen MR) is 82.5 cm³/mol. The third kappa shape index (κ3) is 3.11. The number of carbonyl (C=O) groups excluding carboxylic acids is 1. The summed E-state index contributed by atoms with van der Waals surface area (Å²) in [5, 5.41) is 9.08. The van der Waals surface area contributed by atoms with Gasteiger partial charge < -0.3 is 5.32 Å². The molecule has 0 unspecified atom stereocenters. The molecule has 1 aliphatic carbocycles. The quantitative estimate of drug-likeness (QED) is 0.826. The second-order valence-corrected chi connectivity index (χ2v) is 6.84. The molecule has 1 saturated carbocycles. The molecule has 6 nitrogen and oxygen atoms in total. The van der Waals surface area contributed by atoms with Crippen LogP contribution in [0.1, 0.15) is 42.1 Å². The Bertz CT molecular complexity index is 634. The van der Waals surface area contributed by atoms with Crippen molar-refractivity contribution in [3.8, 4) is 0 Å². The Morgan fingerprint density at radius 3 is 3.05 bits per heavy atom. The fourth-order valence-corrected chi connectivity index (χ4v) is 3.49. The Hall–Kier alpha value is -1.41. The molecule has 0 aromatic carbocycles. The highest BCUT2D eigenvalue weighted by Gasteiger charge is 2.36. The second-order valence-electron chi connectivity index (χ2n) is 4.93. The van der Waals surface area contributed by atoms with Gasteiger partial charge in [-0.05, 0) is 31.9 Å². The number of aromatic nitrogens is 4. The molecule has 1 aliphatic rings. The lowest BCUT2D eigenvalue weighted by Gasteiger charge is -2.17. The SMILES string of the molecule is CCn1ncnc1[C@@H](NC(=O)c1csc(SC)n1)C1CC1. The van der Waals surface area contributed by atoms with Crippen molar-refractivity contribution in [1.29, 1.82) is 0 Å².